The molecule has 0 radical (unpaired) electrons. The second-order valence-electron chi connectivity index (χ2n) is 3.49. The normalized spacial score (nSPS) is 12.1. The highest BCUT2D eigenvalue weighted by molar-refractivity contribution is 6.27. The number of amides is 1. The zero-order valence-electron chi connectivity index (χ0n) is 9.28. The van der Waals surface area contributed by atoms with Crippen molar-refractivity contribution in [3.8, 4) is 0 Å². The van der Waals surface area contributed by atoms with Crippen LogP contribution < -0.4 is 5.32 Å². The molecule has 1 aromatic carbocycles. The Morgan fingerprint density at radius 3 is 2.69 bits per heavy atom. The lowest BCUT2D eigenvalue weighted by molar-refractivity contribution is -0.119. The monoisotopic (exact) mass is 241 g/mol. The molecule has 1 amide bonds. The summed E-state index contributed by atoms with van der Waals surface area (Å²) in [7, 11) is 1.64. The maximum atomic E-state index is 11.0. The number of hydrogen-bond acceptors (Lipinski definition) is 2. The number of nitrogens with one attached hydrogen (secondary N) is 1. The summed E-state index contributed by atoms with van der Waals surface area (Å²) in [4.78, 5) is 11.0. The molecule has 0 aliphatic heterocycles. The van der Waals surface area contributed by atoms with Crippen molar-refractivity contribution in [1.82, 2.24) is 5.32 Å². The van der Waals surface area contributed by atoms with Gasteiger partial charge in [-0.1, -0.05) is 30.3 Å². The van der Waals surface area contributed by atoms with E-state index in [2.05, 4.69) is 5.32 Å². The predicted octanol–water partition coefficient (Wildman–Crippen LogP) is 1.60. The standard InChI is InChI=1S/C12H16ClNO2/c1-16-11(9-14-12(15)8-13)7-10-5-3-2-4-6-10/h2-6,11H,7-9H2,1H3,(H,14,15). The number of alkyl halides is 1. The van der Waals surface area contributed by atoms with Crippen LogP contribution in [-0.2, 0) is 16.0 Å². The lowest BCUT2D eigenvalue weighted by Crippen LogP contribution is -2.35. The minimum atomic E-state index is -0.170. The van der Waals surface area contributed by atoms with Crippen LogP contribution in [0.1, 0.15) is 5.56 Å². The SMILES string of the molecule is COC(CNC(=O)CCl)Cc1ccccc1. The van der Waals surface area contributed by atoms with Gasteiger partial charge in [0, 0.05) is 20.1 Å². The van der Waals surface area contributed by atoms with Crippen LogP contribution in [0.15, 0.2) is 30.3 Å². The number of benzene rings is 1. The van der Waals surface area contributed by atoms with Gasteiger partial charge in [0.25, 0.3) is 0 Å². The van der Waals surface area contributed by atoms with Crippen molar-refractivity contribution in [1.29, 1.82) is 0 Å². The molecule has 1 aromatic rings. The van der Waals surface area contributed by atoms with Gasteiger partial charge < -0.3 is 10.1 Å². The molecule has 0 bridgehead atoms. The zero-order chi connectivity index (χ0) is 11.8. The number of hydrogen-bond donors (Lipinski definition) is 1. The van der Waals surface area contributed by atoms with E-state index in [1.807, 2.05) is 30.3 Å². The molecule has 1 atom stereocenters. The molecule has 0 aliphatic rings. The molecule has 3 nitrogen and oxygen atoms in total. The Labute approximate surface area is 101 Å². The Kier molecular flexibility index (Phi) is 5.90. The molecule has 16 heavy (non-hydrogen) atoms. The van der Waals surface area contributed by atoms with Crippen LogP contribution in [0.2, 0.25) is 0 Å². The molecule has 0 aromatic heterocycles. The third kappa shape index (κ3) is 4.64. The van der Waals surface area contributed by atoms with Gasteiger partial charge in [-0.25, -0.2) is 0 Å². The van der Waals surface area contributed by atoms with Gasteiger partial charge in [-0.15, -0.1) is 11.6 Å². The van der Waals surface area contributed by atoms with Gasteiger partial charge in [0.1, 0.15) is 5.88 Å². The second-order valence-corrected chi connectivity index (χ2v) is 3.75. The molecule has 0 aliphatic carbocycles. The molecule has 1 unspecified atom stereocenters. The van der Waals surface area contributed by atoms with Crippen molar-refractivity contribution in [2.24, 2.45) is 0 Å². The van der Waals surface area contributed by atoms with Gasteiger partial charge in [0.05, 0.1) is 6.10 Å². The van der Waals surface area contributed by atoms with Gasteiger partial charge in [0.15, 0.2) is 0 Å². The molecule has 1 N–H and O–H groups in total. The molecule has 0 saturated carbocycles. The highest BCUT2D eigenvalue weighted by atomic mass is 35.5. The van der Waals surface area contributed by atoms with Crippen molar-refractivity contribution < 1.29 is 9.53 Å². The highest BCUT2D eigenvalue weighted by Gasteiger charge is 2.09. The summed E-state index contributed by atoms with van der Waals surface area (Å²) >= 11 is 5.39. The fourth-order valence-electron chi connectivity index (χ4n) is 1.39. The van der Waals surface area contributed by atoms with Gasteiger partial charge >= 0.3 is 0 Å². The Hall–Kier alpha value is -1.06. The van der Waals surface area contributed by atoms with Crippen molar-refractivity contribution in [3.05, 3.63) is 35.9 Å². The third-order valence-corrected chi connectivity index (χ3v) is 2.53. The molecule has 0 spiro atoms. The fourth-order valence-corrected chi connectivity index (χ4v) is 1.49. The fraction of sp³-hybridized carbons (Fsp3) is 0.417. The Morgan fingerprint density at radius 2 is 2.12 bits per heavy atom. The van der Waals surface area contributed by atoms with Gasteiger partial charge in [-0.05, 0) is 5.56 Å². The number of halogens is 1. The van der Waals surface area contributed by atoms with Crippen LogP contribution in [0.5, 0.6) is 0 Å². The number of rotatable bonds is 6. The molecule has 88 valence electrons. The van der Waals surface area contributed by atoms with E-state index >= 15 is 0 Å². The quantitative estimate of drug-likeness (QED) is 0.769. The zero-order valence-corrected chi connectivity index (χ0v) is 10.0. The van der Waals surface area contributed by atoms with Crippen molar-refractivity contribution in [2.75, 3.05) is 19.5 Å². The Bertz CT molecular complexity index is 316. The first-order valence-corrected chi connectivity index (χ1v) is 5.69. The van der Waals surface area contributed by atoms with Crippen LogP contribution in [-0.4, -0.2) is 31.5 Å². The van der Waals surface area contributed by atoms with E-state index in [4.69, 9.17) is 16.3 Å². The van der Waals surface area contributed by atoms with E-state index in [-0.39, 0.29) is 17.9 Å². The predicted molar refractivity (Wildman–Crippen MR) is 64.7 cm³/mol. The van der Waals surface area contributed by atoms with Gasteiger partial charge in [-0.2, -0.15) is 0 Å². The van der Waals surface area contributed by atoms with E-state index < -0.39 is 0 Å². The van der Waals surface area contributed by atoms with E-state index in [1.54, 1.807) is 7.11 Å². The molecule has 0 heterocycles. The first-order chi connectivity index (χ1) is 7.76. The first kappa shape index (κ1) is 13.0. The smallest absolute Gasteiger partial charge is 0.235 e. The topological polar surface area (TPSA) is 38.3 Å². The average Bonchev–Trinajstić information content (AvgIpc) is 2.35. The summed E-state index contributed by atoms with van der Waals surface area (Å²) in [6, 6.07) is 10.0. The maximum Gasteiger partial charge on any atom is 0.235 e. The van der Waals surface area contributed by atoms with Gasteiger partial charge in [0.2, 0.25) is 5.91 Å². The van der Waals surface area contributed by atoms with Crippen LogP contribution in [0.3, 0.4) is 0 Å². The average molecular weight is 242 g/mol. The largest absolute Gasteiger partial charge is 0.379 e. The second kappa shape index (κ2) is 7.25. The van der Waals surface area contributed by atoms with Crippen LogP contribution in [0.4, 0.5) is 0 Å². The lowest BCUT2D eigenvalue weighted by atomic mass is 10.1. The summed E-state index contributed by atoms with van der Waals surface area (Å²) in [5, 5.41) is 2.71. The molecular weight excluding hydrogens is 226 g/mol. The third-order valence-electron chi connectivity index (χ3n) is 2.29. The Morgan fingerprint density at radius 1 is 1.44 bits per heavy atom. The summed E-state index contributed by atoms with van der Waals surface area (Å²) in [5.41, 5.74) is 1.19. The van der Waals surface area contributed by atoms with Crippen molar-refractivity contribution in [2.45, 2.75) is 12.5 Å². The molecular formula is C12H16ClNO2. The molecule has 4 heteroatoms. The van der Waals surface area contributed by atoms with Gasteiger partial charge in [-0.3, -0.25) is 4.79 Å². The Balaban J connectivity index is 2.40. The number of methoxy groups -OCH3 is 1. The van der Waals surface area contributed by atoms with Crippen LogP contribution in [0, 0.1) is 0 Å². The molecule has 0 saturated heterocycles. The lowest BCUT2D eigenvalue weighted by Gasteiger charge is -2.15. The number of carbonyl (C=O) groups is 1. The van der Waals surface area contributed by atoms with Crippen molar-refractivity contribution >= 4 is 17.5 Å². The van der Waals surface area contributed by atoms with E-state index in [0.717, 1.165) is 6.42 Å². The maximum absolute atomic E-state index is 11.0. The summed E-state index contributed by atoms with van der Waals surface area (Å²) in [6.45, 7) is 0.483. The van der Waals surface area contributed by atoms with E-state index in [0.29, 0.717) is 6.54 Å². The van der Waals surface area contributed by atoms with Crippen LogP contribution >= 0.6 is 11.6 Å². The molecule has 1 rings (SSSR count). The van der Waals surface area contributed by atoms with E-state index in [9.17, 15) is 4.79 Å². The summed E-state index contributed by atoms with van der Waals surface area (Å²) in [6.07, 6.45) is 0.759. The van der Waals surface area contributed by atoms with Crippen molar-refractivity contribution in [3.63, 3.8) is 0 Å². The first-order valence-electron chi connectivity index (χ1n) is 5.15. The summed E-state index contributed by atoms with van der Waals surface area (Å²) in [5.74, 6) is -0.182. The minimum Gasteiger partial charge on any atom is -0.379 e. The summed E-state index contributed by atoms with van der Waals surface area (Å²) < 4.78 is 5.29. The number of ether oxygens (including phenoxy) is 1. The molecule has 0 fully saturated rings. The van der Waals surface area contributed by atoms with E-state index in [1.165, 1.54) is 5.56 Å². The minimum absolute atomic E-state index is 0.0121. The van der Waals surface area contributed by atoms with Crippen LogP contribution in [0.25, 0.3) is 0 Å². The highest BCUT2D eigenvalue weighted by Crippen LogP contribution is 2.04. The number of carbonyl (C=O) groups excluding carboxylic acids is 1.